The Morgan fingerprint density at radius 1 is 0.324 bits per heavy atom. The monoisotopic (exact) mass is 428 g/mol. The molecule has 0 aliphatic rings. The molecular formula is C34H20. The van der Waals surface area contributed by atoms with Gasteiger partial charge >= 0.3 is 0 Å². The molecule has 0 amide bonds. The van der Waals surface area contributed by atoms with Crippen molar-refractivity contribution in [1.29, 1.82) is 0 Å². The second-order valence-corrected chi connectivity index (χ2v) is 7.74. The van der Waals surface area contributed by atoms with Crippen LogP contribution in [0.4, 0.5) is 0 Å². The molecule has 34 heavy (non-hydrogen) atoms. The van der Waals surface area contributed by atoms with E-state index in [9.17, 15) is 0 Å². The summed E-state index contributed by atoms with van der Waals surface area (Å²) < 4.78 is 0. The number of rotatable bonds is 0. The number of hydrogen-bond donors (Lipinski definition) is 0. The molecule has 0 N–H and O–H groups in total. The van der Waals surface area contributed by atoms with Gasteiger partial charge in [0.15, 0.2) is 0 Å². The lowest BCUT2D eigenvalue weighted by Crippen LogP contribution is -1.91. The quantitative estimate of drug-likeness (QED) is 0.232. The van der Waals surface area contributed by atoms with E-state index in [2.05, 4.69) is 59.8 Å². The maximum Gasteiger partial charge on any atom is 0.0496 e. The normalized spacial score (nSPS) is 9.65. The third-order valence-electron chi connectivity index (χ3n) is 5.38. The summed E-state index contributed by atoms with van der Waals surface area (Å²) in [4.78, 5) is 0. The molecule has 0 aliphatic carbocycles. The molecule has 0 saturated carbocycles. The predicted octanol–water partition coefficient (Wildman–Crippen LogP) is 7.04. The zero-order valence-corrected chi connectivity index (χ0v) is 18.5. The Morgan fingerprint density at radius 3 is 1.38 bits per heavy atom. The Labute approximate surface area is 200 Å². The molecule has 0 atom stereocenters. The molecule has 0 nitrogen and oxygen atoms in total. The van der Waals surface area contributed by atoms with Crippen LogP contribution in [0.15, 0.2) is 121 Å². The van der Waals surface area contributed by atoms with Crippen molar-refractivity contribution < 1.29 is 0 Å². The minimum absolute atomic E-state index is 0.897. The molecular weight excluding hydrogens is 408 g/mol. The van der Waals surface area contributed by atoms with Gasteiger partial charge in [0, 0.05) is 38.8 Å². The Morgan fingerprint density at radius 2 is 0.824 bits per heavy atom. The van der Waals surface area contributed by atoms with E-state index in [1.54, 1.807) is 0 Å². The van der Waals surface area contributed by atoms with Crippen molar-refractivity contribution in [2.45, 2.75) is 0 Å². The molecule has 0 aliphatic heterocycles. The van der Waals surface area contributed by atoms with Crippen molar-refractivity contribution >= 4 is 10.8 Å². The van der Waals surface area contributed by atoms with E-state index in [0.29, 0.717) is 0 Å². The van der Waals surface area contributed by atoms with E-state index in [1.807, 2.05) is 97.1 Å². The van der Waals surface area contributed by atoms with Gasteiger partial charge in [0.2, 0.25) is 0 Å². The fourth-order valence-corrected chi connectivity index (χ4v) is 3.70. The number of fused-ring (bicyclic) bond motifs is 1. The van der Waals surface area contributed by atoms with E-state index in [4.69, 9.17) is 0 Å². The summed E-state index contributed by atoms with van der Waals surface area (Å²) in [5, 5.41) is 2.14. The van der Waals surface area contributed by atoms with E-state index in [1.165, 1.54) is 0 Å². The zero-order valence-electron chi connectivity index (χ0n) is 18.5. The number of benzene rings is 5. The molecule has 0 radical (unpaired) electrons. The van der Waals surface area contributed by atoms with Crippen molar-refractivity contribution in [3.05, 3.63) is 155 Å². The molecule has 5 aromatic carbocycles. The Kier molecular flexibility index (Phi) is 6.22. The summed E-state index contributed by atoms with van der Waals surface area (Å²) in [5.74, 6) is 20.1. The highest BCUT2D eigenvalue weighted by Gasteiger charge is 2.08. The first kappa shape index (κ1) is 20.9. The van der Waals surface area contributed by atoms with Gasteiger partial charge in [-0.25, -0.2) is 0 Å². The lowest BCUT2D eigenvalue weighted by Gasteiger charge is -2.07. The van der Waals surface area contributed by atoms with E-state index in [0.717, 1.165) is 44.2 Å². The van der Waals surface area contributed by atoms with Crippen LogP contribution in [0.2, 0.25) is 0 Å². The van der Waals surface area contributed by atoms with Gasteiger partial charge in [0.1, 0.15) is 0 Å². The van der Waals surface area contributed by atoms with Gasteiger partial charge in [-0.05, 0) is 53.9 Å². The van der Waals surface area contributed by atoms with Gasteiger partial charge in [0.25, 0.3) is 0 Å². The summed E-state index contributed by atoms with van der Waals surface area (Å²) in [6, 6.07) is 40.5. The first-order chi connectivity index (χ1) is 16.9. The van der Waals surface area contributed by atoms with E-state index in [-0.39, 0.29) is 0 Å². The first-order valence-electron chi connectivity index (χ1n) is 11.1. The van der Waals surface area contributed by atoms with Gasteiger partial charge in [0.05, 0.1) is 0 Å². The second-order valence-electron chi connectivity index (χ2n) is 7.74. The maximum atomic E-state index is 3.43. The molecule has 0 heterocycles. The van der Waals surface area contributed by atoms with Gasteiger partial charge in [-0.15, -0.1) is 0 Å². The van der Waals surface area contributed by atoms with Crippen LogP contribution in [0.25, 0.3) is 10.8 Å². The molecule has 0 fully saturated rings. The fraction of sp³-hybridized carbons (Fsp3) is 0. The smallest absolute Gasteiger partial charge is 0.0496 e. The highest BCUT2D eigenvalue weighted by atomic mass is 14.1. The van der Waals surface area contributed by atoms with Crippen molar-refractivity contribution in [2.75, 3.05) is 0 Å². The van der Waals surface area contributed by atoms with E-state index < -0.39 is 0 Å². The van der Waals surface area contributed by atoms with Crippen LogP contribution in [-0.4, -0.2) is 0 Å². The standard InChI is InChI=1S/C34H20/c1-4-11-27(12-5-1)19-22-30-24-25-32-18-10-17-31(23-20-28-13-6-2-7-14-28)34(32)33(30)26-21-29-15-8-3-9-16-29/h1-18,24-25H. The topological polar surface area (TPSA) is 0 Å². The van der Waals surface area contributed by atoms with Crippen LogP contribution in [-0.2, 0) is 0 Å². The zero-order chi connectivity index (χ0) is 23.0. The van der Waals surface area contributed by atoms with E-state index >= 15 is 0 Å². The number of hydrogen-bond acceptors (Lipinski definition) is 0. The second kappa shape index (κ2) is 10.1. The molecule has 0 unspecified atom stereocenters. The fourth-order valence-electron chi connectivity index (χ4n) is 3.70. The lowest BCUT2D eigenvalue weighted by molar-refractivity contribution is 1.60. The van der Waals surface area contributed by atoms with Gasteiger partial charge in [-0.1, -0.05) is 108 Å². The predicted molar refractivity (Wildman–Crippen MR) is 141 cm³/mol. The summed E-state index contributed by atoms with van der Waals surface area (Å²) >= 11 is 0. The molecule has 0 heteroatoms. The molecule has 156 valence electrons. The molecule has 0 saturated heterocycles. The largest absolute Gasteiger partial charge is 0.0622 e. The lowest BCUT2D eigenvalue weighted by atomic mass is 9.95. The Hall–Kier alpha value is -4.96. The average molecular weight is 429 g/mol. The molecule has 0 bridgehead atoms. The third-order valence-corrected chi connectivity index (χ3v) is 5.38. The molecule has 0 aromatic heterocycles. The van der Waals surface area contributed by atoms with Crippen LogP contribution in [0.3, 0.4) is 0 Å². The average Bonchev–Trinajstić information content (AvgIpc) is 2.91. The van der Waals surface area contributed by atoms with Crippen molar-refractivity contribution in [3.63, 3.8) is 0 Å². The Balaban J connectivity index is 1.71. The van der Waals surface area contributed by atoms with Crippen molar-refractivity contribution in [3.8, 4) is 35.5 Å². The van der Waals surface area contributed by atoms with Gasteiger partial charge < -0.3 is 0 Å². The van der Waals surface area contributed by atoms with Crippen LogP contribution >= 0.6 is 0 Å². The van der Waals surface area contributed by atoms with Crippen molar-refractivity contribution in [2.24, 2.45) is 0 Å². The summed E-state index contributed by atoms with van der Waals surface area (Å²) in [6.45, 7) is 0. The van der Waals surface area contributed by atoms with Gasteiger partial charge in [-0.2, -0.15) is 0 Å². The van der Waals surface area contributed by atoms with Crippen LogP contribution in [0.5, 0.6) is 0 Å². The van der Waals surface area contributed by atoms with Gasteiger partial charge in [-0.3, -0.25) is 0 Å². The van der Waals surface area contributed by atoms with Crippen molar-refractivity contribution in [1.82, 2.24) is 0 Å². The maximum absolute atomic E-state index is 3.43. The molecule has 5 rings (SSSR count). The first-order valence-corrected chi connectivity index (χ1v) is 11.1. The van der Waals surface area contributed by atoms with Crippen LogP contribution in [0.1, 0.15) is 33.4 Å². The summed E-state index contributed by atoms with van der Waals surface area (Å²) in [5.41, 5.74) is 5.67. The molecule has 5 aromatic rings. The summed E-state index contributed by atoms with van der Waals surface area (Å²) in [7, 11) is 0. The summed E-state index contributed by atoms with van der Waals surface area (Å²) in [6.07, 6.45) is 0. The Bertz CT molecular complexity index is 1620. The minimum Gasteiger partial charge on any atom is -0.0622 e. The minimum atomic E-state index is 0.897. The van der Waals surface area contributed by atoms with Crippen LogP contribution in [0, 0.1) is 35.5 Å². The molecule has 0 spiro atoms. The highest BCUT2D eigenvalue weighted by molar-refractivity contribution is 5.95. The SMILES string of the molecule is C(#Cc1ccc2cccc(C#Cc3ccccc3)c2c1C#Cc1ccccc1)c1ccccc1. The highest BCUT2D eigenvalue weighted by Crippen LogP contribution is 2.25. The van der Waals surface area contributed by atoms with Crippen LogP contribution < -0.4 is 0 Å². The third kappa shape index (κ3) is 4.92.